The van der Waals surface area contributed by atoms with Gasteiger partial charge in [0, 0.05) is 26.7 Å². The normalized spacial score (nSPS) is 14.5. The van der Waals surface area contributed by atoms with Crippen molar-refractivity contribution in [2.45, 2.75) is 12.0 Å². The van der Waals surface area contributed by atoms with Gasteiger partial charge in [0.1, 0.15) is 0 Å². The van der Waals surface area contributed by atoms with Crippen molar-refractivity contribution in [2.75, 3.05) is 6.54 Å². The molecule has 2 atom stereocenters. The molecule has 110 valence electrons. The Hall–Kier alpha value is -0.620. The summed E-state index contributed by atoms with van der Waals surface area (Å²) < 4.78 is 2.39. The van der Waals surface area contributed by atoms with E-state index >= 15 is 0 Å². The van der Waals surface area contributed by atoms with Crippen LogP contribution in [-0.2, 0) is 0 Å². The maximum Gasteiger partial charge on any atom is 0.0963 e. The number of nitrogens with two attached hydrogens (primary N) is 1. The highest BCUT2D eigenvalue weighted by atomic mass is 35.5. The minimum absolute atomic E-state index is 0.201. The summed E-state index contributed by atoms with van der Waals surface area (Å²) in [6.07, 6.45) is -0.642. The molecule has 0 spiro atoms. The molecule has 3 N–H and O–H groups in total. The van der Waals surface area contributed by atoms with Crippen LogP contribution in [0.3, 0.4) is 0 Å². The Morgan fingerprint density at radius 1 is 1.10 bits per heavy atom. The van der Waals surface area contributed by atoms with Gasteiger partial charge in [0.05, 0.1) is 16.1 Å². The first-order chi connectivity index (χ1) is 10.1. The number of aliphatic hydroxyl groups is 1. The summed E-state index contributed by atoms with van der Waals surface area (Å²) in [6.45, 7) is 0.338. The molecule has 3 aromatic rings. The van der Waals surface area contributed by atoms with E-state index in [4.69, 9.17) is 28.9 Å². The molecule has 2 nitrogen and oxygen atoms in total. The highest BCUT2D eigenvalue weighted by Gasteiger charge is 2.24. The summed E-state index contributed by atoms with van der Waals surface area (Å²) in [5.41, 5.74) is 6.77. The summed E-state index contributed by atoms with van der Waals surface area (Å²) >= 11 is 15.3. The summed E-state index contributed by atoms with van der Waals surface area (Å²) in [5, 5.41) is 13.7. The zero-order valence-electron chi connectivity index (χ0n) is 10.9. The second kappa shape index (κ2) is 6.24. The number of benzene rings is 1. The van der Waals surface area contributed by atoms with Crippen LogP contribution in [0.25, 0.3) is 9.40 Å². The first kappa shape index (κ1) is 15.3. The van der Waals surface area contributed by atoms with Gasteiger partial charge in [-0.25, -0.2) is 0 Å². The van der Waals surface area contributed by atoms with E-state index in [1.54, 1.807) is 34.8 Å². The van der Waals surface area contributed by atoms with E-state index in [1.165, 1.54) is 9.40 Å². The fraction of sp³-hybridized carbons (Fsp3) is 0.200. The Kier molecular flexibility index (Phi) is 4.54. The Labute approximate surface area is 140 Å². The van der Waals surface area contributed by atoms with Crippen LogP contribution in [0, 0.1) is 0 Å². The minimum Gasteiger partial charge on any atom is -0.387 e. The molecule has 6 heteroatoms. The van der Waals surface area contributed by atoms with Crippen molar-refractivity contribution in [3.05, 3.63) is 56.2 Å². The summed E-state index contributed by atoms with van der Waals surface area (Å²) in [6, 6.07) is 9.49. The minimum atomic E-state index is -0.642. The van der Waals surface area contributed by atoms with Gasteiger partial charge in [-0.05, 0) is 35.2 Å². The first-order valence-electron chi connectivity index (χ1n) is 6.40. The van der Waals surface area contributed by atoms with Gasteiger partial charge in [-0.15, -0.1) is 22.7 Å². The number of rotatable bonds is 4. The van der Waals surface area contributed by atoms with E-state index in [0.717, 1.165) is 10.4 Å². The third-order valence-corrected chi connectivity index (χ3v) is 6.36. The van der Waals surface area contributed by atoms with Crippen LogP contribution in [0.4, 0.5) is 0 Å². The molecule has 0 fully saturated rings. The molecule has 2 aromatic heterocycles. The molecule has 2 heterocycles. The van der Waals surface area contributed by atoms with Gasteiger partial charge in [0.25, 0.3) is 0 Å². The van der Waals surface area contributed by atoms with Gasteiger partial charge < -0.3 is 10.8 Å². The van der Waals surface area contributed by atoms with Crippen LogP contribution < -0.4 is 5.73 Å². The van der Waals surface area contributed by atoms with Gasteiger partial charge in [-0.1, -0.05) is 29.3 Å². The Bertz CT molecular complexity index is 739. The lowest BCUT2D eigenvalue weighted by Gasteiger charge is -2.21. The third-order valence-electron chi connectivity index (χ3n) is 3.46. The van der Waals surface area contributed by atoms with Crippen LogP contribution in [0.5, 0.6) is 0 Å². The molecule has 0 aliphatic heterocycles. The molecule has 0 saturated heterocycles. The molecule has 0 aliphatic carbocycles. The monoisotopic (exact) mass is 357 g/mol. The van der Waals surface area contributed by atoms with E-state index in [1.807, 2.05) is 12.1 Å². The quantitative estimate of drug-likeness (QED) is 0.686. The fourth-order valence-electron chi connectivity index (χ4n) is 2.32. The van der Waals surface area contributed by atoms with E-state index < -0.39 is 6.10 Å². The molecule has 3 rings (SSSR count). The topological polar surface area (TPSA) is 46.2 Å². The molecular weight excluding hydrogens is 345 g/mol. The van der Waals surface area contributed by atoms with Crippen LogP contribution in [0.15, 0.2) is 35.7 Å². The fourth-order valence-corrected chi connectivity index (χ4v) is 4.80. The van der Waals surface area contributed by atoms with E-state index in [2.05, 4.69) is 11.4 Å². The van der Waals surface area contributed by atoms with Gasteiger partial charge in [-0.2, -0.15) is 0 Å². The zero-order valence-corrected chi connectivity index (χ0v) is 14.1. The van der Waals surface area contributed by atoms with Crippen molar-refractivity contribution >= 4 is 55.3 Å². The predicted molar refractivity (Wildman–Crippen MR) is 92.9 cm³/mol. The van der Waals surface area contributed by atoms with Gasteiger partial charge in [0.15, 0.2) is 0 Å². The molecule has 0 amide bonds. The van der Waals surface area contributed by atoms with Gasteiger partial charge >= 0.3 is 0 Å². The number of thiophene rings is 2. The number of fused-ring (bicyclic) bond motifs is 1. The van der Waals surface area contributed by atoms with E-state index in [-0.39, 0.29) is 5.92 Å². The van der Waals surface area contributed by atoms with Gasteiger partial charge in [-0.3, -0.25) is 0 Å². The Morgan fingerprint density at radius 2 is 1.90 bits per heavy atom. The molecule has 1 aromatic carbocycles. The van der Waals surface area contributed by atoms with Crippen molar-refractivity contribution in [3.63, 3.8) is 0 Å². The summed E-state index contributed by atoms with van der Waals surface area (Å²) in [4.78, 5) is 0.929. The van der Waals surface area contributed by atoms with Crippen molar-refractivity contribution in [1.29, 1.82) is 0 Å². The lowest BCUT2D eigenvalue weighted by atomic mass is 9.92. The first-order valence-corrected chi connectivity index (χ1v) is 8.85. The standard InChI is InChI=1S/C15H13Cl2NOS2/c16-10-2-1-8(5-11(10)17)9(7-18)15(19)14-6-13-12(21-14)3-4-20-13/h1-6,9,15,19H,7,18H2. The van der Waals surface area contributed by atoms with Crippen LogP contribution in [-0.4, -0.2) is 11.7 Å². The third kappa shape index (κ3) is 2.97. The molecular formula is C15H13Cl2NOS2. The summed E-state index contributed by atoms with van der Waals surface area (Å²) in [5.74, 6) is -0.201. The molecule has 0 bridgehead atoms. The average molecular weight is 358 g/mol. The number of halogens is 2. The molecule has 0 aliphatic rings. The number of hydrogen-bond acceptors (Lipinski definition) is 4. The summed E-state index contributed by atoms with van der Waals surface area (Å²) in [7, 11) is 0. The highest BCUT2D eigenvalue weighted by Crippen LogP contribution is 2.39. The highest BCUT2D eigenvalue weighted by molar-refractivity contribution is 7.26. The maximum absolute atomic E-state index is 10.7. The van der Waals surface area contributed by atoms with Crippen molar-refractivity contribution in [3.8, 4) is 0 Å². The molecule has 2 unspecified atom stereocenters. The lowest BCUT2D eigenvalue weighted by molar-refractivity contribution is 0.151. The predicted octanol–water partition coefficient (Wildman–Crippen LogP) is 5.05. The van der Waals surface area contributed by atoms with Crippen molar-refractivity contribution < 1.29 is 5.11 Å². The second-order valence-corrected chi connectivity index (χ2v) is 7.64. The molecule has 0 saturated carbocycles. The van der Waals surface area contributed by atoms with Crippen molar-refractivity contribution in [2.24, 2.45) is 5.73 Å². The Morgan fingerprint density at radius 3 is 2.57 bits per heavy atom. The lowest BCUT2D eigenvalue weighted by Crippen LogP contribution is -2.19. The Balaban J connectivity index is 1.94. The number of aliphatic hydroxyl groups excluding tert-OH is 1. The van der Waals surface area contributed by atoms with Gasteiger partial charge in [0.2, 0.25) is 0 Å². The SMILES string of the molecule is NCC(c1ccc(Cl)c(Cl)c1)C(O)c1cc2sccc2s1. The smallest absolute Gasteiger partial charge is 0.0963 e. The van der Waals surface area contributed by atoms with Crippen molar-refractivity contribution in [1.82, 2.24) is 0 Å². The molecule has 0 radical (unpaired) electrons. The van der Waals surface area contributed by atoms with E-state index in [9.17, 15) is 5.11 Å². The largest absolute Gasteiger partial charge is 0.387 e. The maximum atomic E-state index is 10.7. The average Bonchev–Trinajstić information content (AvgIpc) is 3.04. The van der Waals surface area contributed by atoms with Crippen LogP contribution in [0.2, 0.25) is 10.0 Å². The van der Waals surface area contributed by atoms with Crippen LogP contribution >= 0.6 is 45.9 Å². The number of hydrogen-bond donors (Lipinski definition) is 2. The second-order valence-electron chi connectivity index (χ2n) is 4.76. The van der Waals surface area contributed by atoms with Crippen LogP contribution in [0.1, 0.15) is 22.5 Å². The van der Waals surface area contributed by atoms with E-state index in [0.29, 0.717) is 16.6 Å². The zero-order chi connectivity index (χ0) is 15.0. The molecule has 21 heavy (non-hydrogen) atoms.